The zero-order valence-corrected chi connectivity index (χ0v) is 14.0. The highest BCUT2D eigenvalue weighted by atomic mass is 16.3. The Kier molecular flexibility index (Phi) is 7.86. The van der Waals surface area contributed by atoms with Crippen molar-refractivity contribution in [2.45, 2.75) is 39.9 Å². The number of rotatable bonds is 4. The summed E-state index contributed by atoms with van der Waals surface area (Å²) >= 11 is 0. The van der Waals surface area contributed by atoms with Crippen LogP contribution in [-0.2, 0) is 0 Å². The lowest BCUT2D eigenvalue weighted by Gasteiger charge is -2.13. The fourth-order valence-electron chi connectivity index (χ4n) is 2.07. The Morgan fingerprint density at radius 2 is 0.818 bits per heavy atom. The van der Waals surface area contributed by atoms with E-state index in [-0.39, 0.29) is 24.0 Å². The quantitative estimate of drug-likeness (QED) is 0.855. The van der Waals surface area contributed by atoms with Crippen LogP contribution < -0.4 is 0 Å². The maximum Gasteiger partial charge on any atom is 0.0812 e. The zero-order valence-electron chi connectivity index (χ0n) is 14.0. The Bertz CT molecular complexity index is 456. The van der Waals surface area contributed by atoms with Crippen molar-refractivity contribution in [2.75, 3.05) is 0 Å². The van der Waals surface area contributed by atoms with Crippen LogP contribution in [-0.4, -0.2) is 10.2 Å². The first-order chi connectivity index (χ1) is 10.4. The maximum absolute atomic E-state index is 9.60. The Morgan fingerprint density at radius 1 is 0.545 bits per heavy atom. The summed E-state index contributed by atoms with van der Waals surface area (Å²) in [7, 11) is 0. The normalized spacial score (nSPS) is 13.5. The molecule has 2 rings (SSSR count). The Labute approximate surface area is 134 Å². The standard InChI is InChI=1S/2C10H14O/c2*1-8(2)10(11)9-6-4-3-5-7-9/h2*3-8,10-11H,1-2H3. The molecule has 0 saturated carbocycles. The van der Waals surface area contributed by atoms with E-state index in [1.54, 1.807) is 0 Å². The van der Waals surface area contributed by atoms with Gasteiger partial charge in [-0.05, 0) is 23.0 Å². The van der Waals surface area contributed by atoms with Crippen molar-refractivity contribution in [3.63, 3.8) is 0 Å². The number of hydrogen-bond acceptors (Lipinski definition) is 2. The van der Waals surface area contributed by atoms with Crippen molar-refractivity contribution in [2.24, 2.45) is 11.8 Å². The number of benzene rings is 2. The number of aliphatic hydroxyl groups excluding tert-OH is 2. The first-order valence-corrected chi connectivity index (χ1v) is 7.89. The molecule has 2 aromatic rings. The van der Waals surface area contributed by atoms with E-state index >= 15 is 0 Å². The summed E-state index contributed by atoms with van der Waals surface area (Å²) < 4.78 is 0. The molecule has 22 heavy (non-hydrogen) atoms. The highest BCUT2D eigenvalue weighted by Crippen LogP contribution is 2.20. The van der Waals surface area contributed by atoms with Gasteiger partial charge in [-0.15, -0.1) is 0 Å². The summed E-state index contributed by atoms with van der Waals surface area (Å²) in [4.78, 5) is 0. The molecule has 2 heteroatoms. The second-order valence-corrected chi connectivity index (χ2v) is 6.20. The monoisotopic (exact) mass is 300 g/mol. The second-order valence-electron chi connectivity index (χ2n) is 6.20. The van der Waals surface area contributed by atoms with Crippen LogP contribution in [0.5, 0.6) is 0 Å². The Hall–Kier alpha value is -1.64. The molecule has 2 nitrogen and oxygen atoms in total. The van der Waals surface area contributed by atoms with Gasteiger partial charge in [0.05, 0.1) is 12.2 Å². The van der Waals surface area contributed by atoms with E-state index < -0.39 is 0 Å². The molecule has 0 aliphatic heterocycles. The number of aliphatic hydroxyl groups is 2. The van der Waals surface area contributed by atoms with Crippen LogP contribution in [0.4, 0.5) is 0 Å². The van der Waals surface area contributed by atoms with Crippen LogP contribution in [0.3, 0.4) is 0 Å². The molecule has 2 atom stereocenters. The first-order valence-electron chi connectivity index (χ1n) is 7.89. The van der Waals surface area contributed by atoms with E-state index in [4.69, 9.17) is 0 Å². The van der Waals surface area contributed by atoms with E-state index in [9.17, 15) is 10.2 Å². The van der Waals surface area contributed by atoms with Crippen molar-refractivity contribution in [1.82, 2.24) is 0 Å². The molecule has 0 radical (unpaired) electrons. The van der Waals surface area contributed by atoms with Crippen molar-refractivity contribution >= 4 is 0 Å². The zero-order chi connectivity index (χ0) is 16.5. The molecule has 0 heterocycles. The molecule has 2 unspecified atom stereocenters. The van der Waals surface area contributed by atoms with Gasteiger partial charge in [0.2, 0.25) is 0 Å². The molecular formula is C20H28O2. The minimum Gasteiger partial charge on any atom is -0.388 e. The smallest absolute Gasteiger partial charge is 0.0812 e. The molecule has 0 aliphatic carbocycles. The molecule has 0 amide bonds. The highest BCUT2D eigenvalue weighted by molar-refractivity contribution is 5.18. The predicted octanol–water partition coefficient (Wildman–Crippen LogP) is 4.75. The third-order valence-corrected chi connectivity index (χ3v) is 3.55. The van der Waals surface area contributed by atoms with Crippen LogP contribution in [0.2, 0.25) is 0 Å². The van der Waals surface area contributed by atoms with E-state index in [2.05, 4.69) is 0 Å². The van der Waals surface area contributed by atoms with Gasteiger partial charge in [-0.3, -0.25) is 0 Å². The lowest BCUT2D eigenvalue weighted by Crippen LogP contribution is -2.04. The van der Waals surface area contributed by atoms with Gasteiger partial charge >= 0.3 is 0 Å². The van der Waals surface area contributed by atoms with Gasteiger partial charge in [0.1, 0.15) is 0 Å². The van der Waals surface area contributed by atoms with Crippen LogP contribution >= 0.6 is 0 Å². The average Bonchev–Trinajstić information content (AvgIpc) is 2.55. The molecular weight excluding hydrogens is 272 g/mol. The average molecular weight is 300 g/mol. The topological polar surface area (TPSA) is 40.5 Å². The summed E-state index contributed by atoms with van der Waals surface area (Å²) in [5, 5.41) is 19.2. The molecule has 120 valence electrons. The third-order valence-electron chi connectivity index (χ3n) is 3.55. The SMILES string of the molecule is CC(C)C(O)c1ccccc1.CC(C)C(O)c1ccccc1. The summed E-state index contributed by atoms with van der Waals surface area (Å²) in [5.41, 5.74) is 2.00. The second kappa shape index (κ2) is 9.39. The van der Waals surface area contributed by atoms with E-state index in [0.717, 1.165) is 11.1 Å². The van der Waals surface area contributed by atoms with E-state index in [1.165, 1.54) is 0 Å². The van der Waals surface area contributed by atoms with Gasteiger partial charge in [0, 0.05) is 0 Å². The molecule has 0 aliphatic rings. The van der Waals surface area contributed by atoms with E-state index in [0.29, 0.717) is 0 Å². The summed E-state index contributed by atoms with van der Waals surface area (Å²) in [6, 6.07) is 19.5. The molecule has 0 spiro atoms. The molecule has 2 N–H and O–H groups in total. The maximum atomic E-state index is 9.60. The molecule has 0 aromatic heterocycles. The van der Waals surface area contributed by atoms with Crippen LogP contribution in [0.1, 0.15) is 51.0 Å². The minimum absolute atomic E-state index is 0.289. The van der Waals surface area contributed by atoms with Gasteiger partial charge in [-0.1, -0.05) is 88.4 Å². The Balaban J connectivity index is 0.000000220. The largest absolute Gasteiger partial charge is 0.388 e. The predicted molar refractivity (Wildman–Crippen MR) is 92.5 cm³/mol. The lowest BCUT2D eigenvalue weighted by atomic mass is 10.00. The van der Waals surface area contributed by atoms with Gasteiger partial charge in [0.25, 0.3) is 0 Å². The van der Waals surface area contributed by atoms with E-state index in [1.807, 2.05) is 88.4 Å². The number of hydrogen-bond donors (Lipinski definition) is 2. The molecule has 0 fully saturated rings. The Morgan fingerprint density at radius 3 is 1.05 bits per heavy atom. The van der Waals surface area contributed by atoms with Crippen LogP contribution in [0.15, 0.2) is 60.7 Å². The van der Waals surface area contributed by atoms with Gasteiger partial charge in [-0.2, -0.15) is 0 Å². The summed E-state index contributed by atoms with van der Waals surface area (Å²) in [6.07, 6.45) is -0.646. The van der Waals surface area contributed by atoms with Crippen LogP contribution in [0, 0.1) is 11.8 Å². The fourth-order valence-corrected chi connectivity index (χ4v) is 2.07. The molecule has 2 aromatic carbocycles. The van der Waals surface area contributed by atoms with Gasteiger partial charge in [-0.25, -0.2) is 0 Å². The van der Waals surface area contributed by atoms with Crippen molar-refractivity contribution < 1.29 is 10.2 Å². The molecule has 0 bridgehead atoms. The van der Waals surface area contributed by atoms with Crippen molar-refractivity contribution in [3.8, 4) is 0 Å². The van der Waals surface area contributed by atoms with Gasteiger partial charge < -0.3 is 10.2 Å². The van der Waals surface area contributed by atoms with Crippen LogP contribution in [0.25, 0.3) is 0 Å². The lowest BCUT2D eigenvalue weighted by molar-refractivity contribution is 0.127. The third kappa shape index (κ3) is 6.00. The van der Waals surface area contributed by atoms with Gasteiger partial charge in [0.15, 0.2) is 0 Å². The highest BCUT2D eigenvalue weighted by Gasteiger charge is 2.10. The summed E-state index contributed by atoms with van der Waals surface area (Å²) in [5.74, 6) is 0.579. The fraction of sp³-hybridized carbons (Fsp3) is 0.400. The first kappa shape index (κ1) is 18.4. The minimum atomic E-state index is -0.323. The molecule has 0 saturated heterocycles. The van der Waals surface area contributed by atoms with Crippen molar-refractivity contribution in [3.05, 3.63) is 71.8 Å². The van der Waals surface area contributed by atoms with Crippen molar-refractivity contribution in [1.29, 1.82) is 0 Å². The summed E-state index contributed by atoms with van der Waals surface area (Å²) in [6.45, 7) is 8.05.